The second-order valence-electron chi connectivity index (χ2n) is 7.12. The van der Waals surface area contributed by atoms with Crippen LogP contribution in [0, 0.1) is 5.92 Å². The topological polar surface area (TPSA) is 43.4 Å². The van der Waals surface area contributed by atoms with Crippen LogP contribution < -0.4 is 4.74 Å². The summed E-state index contributed by atoms with van der Waals surface area (Å²) in [5.74, 6) is 1.58. The fourth-order valence-electron chi connectivity index (χ4n) is 3.50. The van der Waals surface area contributed by atoms with Crippen LogP contribution in [-0.2, 0) is 11.2 Å². The van der Waals surface area contributed by atoms with Crippen molar-refractivity contribution in [3.63, 3.8) is 0 Å². The van der Waals surface area contributed by atoms with E-state index < -0.39 is 0 Å². The third kappa shape index (κ3) is 3.50. The van der Waals surface area contributed by atoms with Gasteiger partial charge >= 0.3 is 0 Å². The van der Waals surface area contributed by atoms with Crippen molar-refractivity contribution in [1.82, 2.24) is 0 Å². The van der Waals surface area contributed by atoms with Crippen LogP contribution in [0.3, 0.4) is 0 Å². The zero-order chi connectivity index (χ0) is 17.3. The Hall–Kier alpha value is -2.16. The largest absolute Gasteiger partial charge is 0.493 e. The monoisotopic (exact) mass is 324 g/mol. The summed E-state index contributed by atoms with van der Waals surface area (Å²) in [5, 5.41) is 0. The molecule has 0 saturated heterocycles. The van der Waals surface area contributed by atoms with Crippen molar-refractivity contribution in [2.75, 3.05) is 6.61 Å². The van der Waals surface area contributed by atoms with Crippen molar-refractivity contribution in [3.8, 4) is 5.75 Å². The number of rotatable bonds is 4. The second-order valence-corrected chi connectivity index (χ2v) is 7.12. The van der Waals surface area contributed by atoms with Crippen LogP contribution >= 0.6 is 0 Å². The number of ether oxygens (including phenoxy) is 1. The fraction of sp³-hybridized carbons (Fsp3) is 0.429. The Balaban J connectivity index is 1.70. The molecule has 3 nitrogen and oxygen atoms in total. The molecule has 3 heteroatoms. The summed E-state index contributed by atoms with van der Waals surface area (Å²) in [5.41, 5.74) is 4.74. The summed E-state index contributed by atoms with van der Waals surface area (Å²) in [6.45, 7) is 6.79. The van der Waals surface area contributed by atoms with Gasteiger partial charge in [-0.2, -0.15) is 0 Å². The van der Waals surface area contributed by atoms with Gasteiger partial charge in [-0.1, -0.05) is 30.7 Å². The summed E-state index contributed by atoms with van der Waals surface area (Å²) in [7, 11) is 0. The summed E-state index contributed by atoms with van der Waals surface area (Å²) in [4.78, 5) is 24.7. The highest BCUT2D eigenvalue weighted by Gasteiger charge is 2.20. The van der Waals surface area contributed by atoms with Gasteiger partial charge in [-0.05, 0) is 55.4 Å². The third-order valence-corrected chi connectivity index (χ3v) is 4.80. The van der Waals surface area contributed by atoms with Crippen molar-refractivity contribution < 1.29 is 14.3 Å². The van der Waals surface area contributed by atoms with Crippen LogP contribution in [0.15, 0.2) is 41.0 Å². The number of carbonyl (C=O) groups is 2. The Bertz CT molecular complexity index is 752. The van der Waals surface area contributed by atoms with Gasteiger partial charge < -0.3 is 4.74 Å². The molecule has 1 atom stereocenters. The van der Waals surface area contributed by atoms with Gasteiger partial charge in [-0.3, -0.25) is 9.59 Å². The highest BCUT2D eigenvalue weighted by atomic mass is 16.5. The predicted octanol–water partition coefficient (Wildman–Crippen LogP) is 4.46. The number of carbonyl (C=O) groups excluding carboxylic acids is 2. The molecule has 0 fully saturated rings. The molecule has 1 aliphatic heterocycles. The summed E-state index contributed by atoms with van der Waals surface area (Å²) in [6.07, 6.45) is 4.40. The van der Waals surface area contributed by atoms with E-state index in [1.165, 1.54) is 5.56 Å². The van der Waals surface area contributed by atoms with Crippen LogP contribution in [0.4, 0.5) is 0 Å². The van der Waals surface area contributed by atoms with E-state index in [0.29, 0.717) is 37.4 Å². The molecule has 0 aromatic heterocycles. The van der Waals surface area contributed by atoms with Crippen LogP contribution in [0.25, 0.3) is 0 Å². The average Bonchev–Trinajstić information content (AvgIpc) is 2.53. The van der Waals surface area contributed by atoms with Crippen molar-refractivity contribution in [2.24, 2.45) is 5.92 Å². The number of ketones is 2. The molecule has 1 aromatic carbocycles. The molecule has 0 N–H and O–H groups in total. The first-order valence-electron chi connectivity index (χ1n) is 8.63. The normalized spacial score (nSPS) is 20.4. The molecule has 1 aromatic rings. The number of benzene rings is 1. The number of fused-ring (bicyclic) bond motifs is 1. The molecular weight excluding hydrogens is 300 g/mol. The van der Waals surface area contributed by atoms with Gasteiger partial charge in [0.2, 0.25) is 0 Å². The minimum atomic E-state index is 0.0689. The van der Waals surface area contributed by atoms with E-state index in [2.05, 4.69) is 13.0 Å². The first kappa shape index (κ1) is 16.7. The SMILES string of the molecule is CC1=CC(C)=C(CCC(=O)c2ccc3c(c2)OCC(C)C3)C(=O)C1. The van der Waals surface area contributed by atoms with Gasteiger partial charge in [0.25, 0.3) is 0 Å². The molecule has 24 heavy (non-hydrogen) atoms. The van der Waals surface area contributed by atoms with E-state index in [1.54, 1.807) is 0 Å². The summed E-state index contributed by atoms with van der Waals surface area (Å²) >= 11 is 0. The van der Waals surface area contributed by atoms with Crippen molar-refractivity contribution >= 4 is 11.6 Å². The van der Waals surface area contributed by atoms with E-state index in [-0.39, 0.29) is 11.6 Å². The lowest BCUT2D eigenvalue weighted by Gasteiger charge is -2.22. The molecule has 0 bridgehead atoms. The second kappa shape index (κ2) is 6.76. The minimum absolute atomic E-state index is 0.0689. The molecule has 2 aliphatic rings. The number of allylic oxidation sites excluding steroid dienone is 4. The molecule has 0 amide bonds. The van der Waals surface area contributed by atoms with E-state index in [0.717, 1.165) is 28.9 Å². The Morgan fingerprint density at radius 3 is 2.83 bits per heavy atom. The van der Waals surface area contributed by atoms with Gasteiger partial charge in [0.05, 0.1) is 6.61 Å². The highest BCUT2D eigenvalue weighted by Crippen LogP contribution is 2.29. The van der Waals surface area contributed by atoms with Crippen molar-refractivity contribution in [3.05, 3.63) is 52.1 Å². The van der Waals surface area contributed by atoms with E-state index in [1.807, 2.05) is 32.0 Å². The van der Waals surface area contributed by atoms with E-state index in [9.17, 15) is 9.59 Å². The van der Waals surface area contributed by atoms with E-state index in [4.69, 9.17) is 4.74 Å². The Labute approximate surface area is 143 Å². The third-order valence-electron chi connectivity index (χ3n) is 4.80. The number of hydrogen-bond acceptors (Lipinski definition) is 3. The lowest BCUT2D eigenvalue weighted by molar-refractivity contribution is -0.115. The van der Waals surface area contributed by atoms with Crippen molar-refractivity contribution in [2.45, 2.75) is 46.5 Å². The molecule has 3 rings (SSSR count). The zero-order valence-electron chi connectivity index (χ0n) is 14.6. The van der Waals surface area contributed by atoms with Crippen molar-refractivity contribution in [1.29, 1.82) is 0 Å². The van der Waals surface area contributed by atoms with Gasteiger partial charge in [0.1, 0.15) is 5.75 Å². The standard InChI is InChI=1S/C21H24O3/c1-13-8-15(3)18(20(23)10-13)6-7-19(22)16-4-5-17-9-14(2)12-24-21(17)11-16/h4-5,8,11,14H,6-7,9-10,12H2,1-3H3. The first-order chi connectivity index (χ1) is 11.4. The average molecular weight is 324 g/mol. The minimum Gasteiger partial charge on any atom is -0.493 e. The highest BCUT2D eigenvalue weighted by molar-refractivity contribution is 6.01. The smallest absolute Gasteiger partial charge is 0.163 e. The molecule has 126 valence electrons. The Morgan fingerprint density at radius 1 is 1.29 bits per heavy atom. The Kier molecular flexibility index (Phi) is 4.70. The van der Waals surface area contributed by atoms with Gasteiger partial charge in [-0.15, -0.1) is 0 Å². The molecule has 1 heterocycles. The van der Waals surface area contributed by atoms with Crippen LogP contribution in [-0.4, -0.2) is 18.2 Å². The quantitative estimate of drug-likeness (QED) is 0.768. The Morgan fingerprint density at radius 2 is 2.08 bits per heavy atom. The maximum absolute atomic E-state index is 12.5. The molecule has 0 radical (unpaired) electrons. The van der Waals surface area contributed by atoms with Crippen LogP contribution in [0.1, 0.15) is 56.0 Å². The maximum Gasteiger partial charge on any atom is 0.163 e. The number of hydrogen-bond donors (Lipinski definition) is 0. The lowest BCUT2D eigenvalue weighted by Crippen LogP contribution is -2.18. The number of Topliss-reactive ketones (excluding diaryl/α,β-unsaturated/α-hetero) is 2. The van der Waals surface area contributed by atoms with Crippen LogP contribution in [0.5, 0.6) is 5.75 Å². The van der Waals surface area contributed by atoms with Gasteiger partial charge in [-0.25, -0.2) is 0 Å². The molecular formula is C21H24O3. The first-order valence-corrected chi connectivity index (χ1v) is 8.63. The summed E-state index contributed by atoms with van der Waals surface area (Å²) in [6, 6.07) is 5.74. The zero-order valence-corrected chi connectivity index (χ0v) is 14.6. The van der Waals surface area contributed by atoms with E-state index >= 15 is 0 Å². The molecule has 0 saturated carbocycles. The molecule has 1 unspecified atom stereocenters. The predicted molar refractivity (Wildman–Crippen MR) is 94.5 cm³/mol. The lowest BCUT2D eigenvalue weighted by atomic mass is 9.88. The van der Waals surface area contributed by atoms with Crippen LogP contribution in [0.2, 0.25) is 0 Å². The fourth-order valence-corrected chi connectivity index (χ4v) is 3.50. The molecule has 1 aliphatic carbocycles. The maximum atomic E-state index is 12.5. The molecule has 0 spiro atoms. The summed E-state index contributed by atoms with van der Waals surface area (Å²) < 4.78 is 5.74. The van der Waals surface area contributed by atoms with Gasteiger partial charge in [0, 0.05) is 18.4 Å². The van der Waals surface area contributed by atoms with Gasteiger partial charge in [0.15, 0.2) is 11.6 Å².